The number of rotatable bonds is 6. The Morgan fingerprint density at radius 2 is 1.76 bits per heavy atom. The molecular weight excluding hydrogens is 264 g/mol. The Labute approximate surface area is 125 Å². The minimum Gasteiger partial charge on any atom is -0.494 e. The first-order chi connectivity index (χ1) is 10.1. The van der Waals surface area contributed by atoms with Crippen molar-refractivity contribution in [1.82, 2.24) is 0 Å². The molecule has 4 heteroatoms. The summed E-state index contributed by atoms with van der Waals surface area (Å²) in [7, 11) is 0. The lowest BCUT2D eigenvalue weighted by Gasteiger charge is -2.13. The van der Waals surface area contributed by atoms with Crippen molar-refractivity contribution in [2.24, 2.45) is 5.73 Å². The van der Waals surface area contributed by atoms with E-state index in [2.05, 4.69) is 6.92 Å². The van der Waals surface area contributed by atoms with Gasteiger partial charge in [-0.05, 0) is 49.2 Å². The first-order valence-corrected chi connectivity index (χ1v) is 6.96. The molecular formula is C17H20N2O2. The van der Waals surface area contributed by atoms with Crippen LogP contribution in [0, 0.1) is 12.3 Å². The smallest absolute Gasteiger partial charge is 0.141 e. The van der Waals surface area contributed by atoms with Crippen molar-refractivity contribution in [3.63, 3.8) is 0 Å². The Balaban J connectivity index is 2.20. The van der Waals surface area contributed by atoms with Crippen LogP contribution in [-0.4, -0.2) is 12.4 Å². The summed E-state index contributed by atoms with van der Waals surface area (Å²) < 4.78 is 11.4. The molecule has 110 valence electrons. The summed E-state index contributed by atoms with van der Waals surface area (Å²) in [6, 6.07) is 13.0. The number of hydrogen-bond donors (Lipinski definition) is 2. The van der Waals surface area contributed by atoms with Gasteiger partial charge in [-0.3, -0.25) is 5.41 Å². The van der Waals surface area contributed by atoms with Gasteiger partial charge in [0, 0.05) is 0 Å². The summed E-state index contributed by atoms with van der Waals surface area (Å²) in [4.78, 5) is 0. The number of nitrogens with two attached hydrogens (primary N) is 1. The Bertz CT molecular complexity index is 621. The van der Waals surface area contributed by atoms with Crippen LogP contribution in [0.1, 0.15) is 24.5 Å². The number of nitrogens with one attached hydrogen (secondary N) is 1. The van der Waals surface area contributed by atoms with E-state index in [1.165, 1.54) is 0 Å². The normalized spacial score (nSPS) is 10.2. The summed E-state index contributed by atoms with van der Waals surface area (Å²) in [6.45, 7) is 4.70. The fourth-order valence-electron chi connectivity index (χ4n) is 1.94. The van der Waals surface area contributed by atoms with Gasteiger partial charge in [-0.2, -0.15) is 0 Å². The van der Waals surface area contributed by atoms with Crippen molar-refractivity contribution in [2.75, 3.05) is 6.61 Å². The van der Waals surface area contributed by atoms with Crippen LogP contribution in [-0.2, 0) is 0 Å². The van der Waals surface area contributed by atoms with Gasteiger partial charge in [0.1, 0.15) is 23.1 Å². The number of amidine groups is 1. The van der Waals surface area contributed by atoms with E-state index in [9.17, 15) is 0 Å². The highest BCUT2D eigenvalue weighted by atomic mass is 16.5. The topological polar surface area (TPSA) is 68.3 Å². The van der Waals surface area contributed by atoms with Gasteiger partial charge in [0.15, 0.2) is 0 Å². The number of ether oxygens (including phenoxy) is 2. The van der Waals surface area contributed by atoms with E-state index in [0.717, 1.165) is 17.7 Å². The predicted molar refractivity (Wildman–Crippen MR) is 84.5 cm³/mol. The molecule has 2 aromatic rings. The van der Waals surface area contributed by atoms with E-state index in [1.54, 1.807) is 6.07 Å². The van der Waals surface area contributed by atoms with Gasteiger partial charge in [-0.15, -0.1) is 0 Å². The van der Waals surface area contributed by atoms with Crippen LogP contribution < -0.4 is 15.2 Å². The maximum atomic E-state index is 7.63. The number of hydrogen-bond acceptors (Lipinski definition) is 3. The van der Waals surface area contributed by atoms with Gasteiger partial charge in [-0.25, -0.2) is 0 Å². The van der Waals surface area contributed by atoms with Crippen LogP contribution in [0.2, 0.25) is 0 Å². The standard InChI is InChI=1S/C17H20N2O2/c1-3-11-20-13-7-9-14(10-8-13)21-16-12(2)5-4-6-15(16)17(18)19/h4-10H,3,11H2,1-2H3,(H3,18,19). The summed E-state index contributed by atoms with van der Waals surface area (Å²) in [5.74, 6) is 2.13. The average molecular weight is 284 g/mol. The molecule has 2 aromatic carbocycles. The first kappa shape index (κ1) is 14.9. The van der Waals surface area contributed by atoms with Crippen molar-refractivity contribution < 1.29 is 9.47 Å². The molecule has 0 spiro atoms. The van der Waals surface area contributed by atoms with Crippen LogP contribution in [0.4, 0.5) is 0 Å². The van der Waals surface area contributed by atoms with E-state index in [-0.39, 0.29) is 5.84 Å². The van der Waals surface area contributed by atoms with Gasteiger partial charge < -0.3 is 15.2 Å². The minimum atomic E-state index is -0.00315. The SMILES string of the molecule is CCCOc1ccc(Oc2c(C)cccc2C(=N)N)cc1. The number of para-hydroxylation sites is 1. The number of aryl methyl sites for hydroxylation is 1. The fraction of sp³-hybridized carbons (Fsp3) is 0.235. The molecule has 0 aliphatic rings. The molecule has 0 radical (unpaired) electrons. The summed E-state index contributed by atoms with van der Waals surface area (Å²) in [6.07, 6.45) is 0.976. The number of nitrogen functional groups attached to an aromatic ring is 1. The van der Waals surface area contributed by atoms with Crippen molar-refractivity contribution in [3.8, 4) is 17.2 Å². The van der Waals surface area contributed by atoms with Crippen LogP contribution in [0.5, 0.6) is 17.2 Å². The highest BCUT2D eigenvalue weighted by Gasteiger charge is 2.10. The lowest BCUT2D eigenvalue weighted by atomic mass is 10.1. The zero-order valence-electron chi connectivity index (χ0n) is 12.3. The van der Waals surface area contributed by atoms with E-state index < -0.39 is 0 Å². The predicted octanol–water partition coefficient (Wildman–Crippen LogP) is 3.86. The minimum absolute atomic E-state index is 0.00315. The molecule has 3 N–H and O–H groups in total. The maximum Gasteiger partial charge on any atom is 0.141 e. The maximum absolute atomic E-state index is 7.63. The van der Waals surface area contributed by atoms with Gasteiger partial charge in [0.2, 0.25) is 0 Å². The molecule has 0 unspecified atom stereocenters. The highest BCUT2D eigenvalue weighted by Crippen LogP contribution is 2.29. The van der Waals surface area contributed by atoms with Crippen molar-refractivity contribution in [1.29, 1.82) is 5.41 Å². The Morgan fingerprint density at radius 3 is 2.38 bits per heavy atom. The van der Waals surface area contributed by atoms with Gasteiger partial charge >= 0.3 is 0 Å². The highest BCUT2D eigenvalue weighted by molar-refractivity contribution is 5.98. The summed E-state index contributed by atoms with van der Waals surface area (Å²) in [5, 5.41) is 7.63. The zero-order valence-corrected chi connectivity index (χ0v) is 12.3. The molecule has 0 aliphatic heterocycles. The van der Waals surface area contributed by atoms with Crippen molar-refractivity contribution in [3.05, 3.63) is 53.6 Å². The average Bonchev–Trinajstić information content (AvgIpc) is 2.48. The van der Waals surface area contributed by atoms with Gasteiger partial charge in [-0.1, -0.05) is 19.1 Å². The molecule has 0 saturated carbocycles. The molecule has 0 heterocycles. The van der Waals surface area contributed by atoms with E-state index >= 15 is 0 Å². The molecule has 0 bridgehead atoms. The molecule has 0 atom stereocenters. The van der Waals surface area contributed by atoms with Crippen LogP contribution in [0.25, 0.3) is 0 Å². The second-order valence-corrected chi connectivity index (χ2v) is 4.79. The molecule has 0 fully saturated rings. The molecule has 0 aromatic heterocycles. The molecule has 2 rings (SSSR count). The van der Waals surface area contributed by atoms with Crippen LogP contribution >= 0.6 is 0 Å². The van der Waals surface area contributed by atoms with Gasteiger partial charge in [0.05, 0.1) is 12.2 Å². The quantitative estimate of drug-likeness (QED) is 0.625. The largest absolute Gasteiger partial charge is 0.494 e. The zero-order chi connectivity index (χ0) is 15.2. The Kier molecular flexibility index (Phi) is 4.82. The third kappa shape index (κ3) is 3.75. The van der Waals surface area contributed by atoms with E-state index in [4.69, 9.17) is 20.6 Å². The summed E-state index contributed by atoms with van der Waals surface area (Å²) >= 11 is 0. The fourth-order valence-corrected chi connectivity index (χ4v) is 1.94. The first-order valence-electron chi connectivity index (χ1n) is 6.96. The van der Waals surface area contributed by atoms with E-state index in [1.807, 2.05) is 43.3 Å². The van der Waals surface area contributed by atoms with E-state index in [0.29, 0.717) is 23.7 Å². The molecule has 4 nitrogen and oxygen atoms in total. The summed E-state index contributed by atoms with van der Waals surface area (Å²) in [5.41, 5.74) is 7.14. The number of benzene rings is 2. The lowest BCUT2D eigenvalue weighted by molar-refractivity contribution is 0.317. The molecule has 0 saturated heterocycles. The Hall–Kier alpha value is -2.49. The van der Waals surface area contributed by atoms with Crippen molar-refractivity contribution >= 4 is 5.84 Å². The third-order valence-electron chi connectivity index (χ3n) is 3.02. The second kappa shape index (κ2) is 6.79. The third-order valence-corrected chi connectivity index (χ3v) is 3.02. The molecule has 0 amide bonds. The molecule has 0 aliphatic carbocycles. The molecule has 21 heavy (non-hydrogen) atoms. The Morgan fingerprint density at radius 1 is 1.10 bits per heavy atom. The van der Waals surface area contributed by atoms with Crippen LogP contribution in [0.3, 0.4) is 0 Å². The lowest BCUT2D eigenvalue weighted by Crippen LogP contribution is -2.12. The van der Waals surface area contributed by atoms with Crippen molar-refractivity contribution in [2.45, 2.75) is 20.3 Å². The second-order valence-electron chi connectivity index (χ2n) is 4.79. The van der Waals surface area contributed by atoms with Gasteiger partial charge in [0.25, 0.3) is 0 Å². The van der Waals surface area contributed by atoms with Crippen LogP contribution in [0.15, 0.2) is 42.5 Å². The monoisotopic (exact) mass is 284 g/mol.